The molecule has 0 saturated carbocycles. The lowest BCUT2D eigenvalue weighted by Crippen LogP contribution is -2.15. The minimum Gasteiger partial charge on any atom is -0.495 e. The number of rotatable bonds is 13. The number of aliphatic imine (C=N–C) groups is 1. The molecule has 1 aromatic heterocycles. The molecule has 2 N–H and O–H groups in total. The number of benzene rings is 2. The maximum absolute atomic E-state index is 12.9. The number of aryl methyl sites for hydroxylation is 1. The lowest BCUT2D eigenvalue weighted by Gasteiger charge is -2.17. The van der Waals surface area contributed by atoms with Crippen LogP contribution in [0.3, 0.4) is 0 Å². The number of sulfone groups is 1. The number of nitrogens with one attached hydrogen (secondary N) is 2. The first kappa shape index (κ1) is 29.4. The number of methoxy groups -OCH3 is 1. The Morgan fingerprint density at radius 3 is 2.50 bits per heavy atom. The van der Waals surface area contributed by atoms with Crippen LogP contribution in [0.4, 0.5) is 23.1 Å². The summed E-state index contributed by atoms with van der Waals surface area (Å²) in [4.78, 5) is 13.5. The van der Waals surface area contributed by atoms with Gasteiger partial charge in [0.05, 0.1) is 34.8 Å². The second kappa shape index (κ2) is 13.6. The number of para-hydroxylation sites is 1. The first-order valence-electron chi connectivity index (χ1n) is 12.8. The fourth-order valence-electron chi connectivity index (χ4n) is 3.91. The van der Waals surface area contributed by atoms with Gasteiger partial charge in [-0.2, -0.15) is 4.98 Å². The van der Waals surface area contributed by atoms with Gasteiger partial charge in [0.25, 0.3) is 0 Å². The highest BCUT2D eigenvalue weighted by Gasteiger charge is 2.23. The van der Waals surface area contributed by atoms with Crippen LogP contribution in [-0.4, -0.2) is 43.5 Å². The maximum Gasteiger partial charge on any atom is 0.229 e. The van der Waals surface area contributed by atoms with Crippen LogP contribution in [-0.2, 0) is 22.7 Å². The molecule has 0 bridgehead atoms. The zero-order chi connectivity index (χ0) is 27.7. The Bertz CT molecular complexity index is 1380. The Kier molecular flexibility index (Phi) is 10.5. The van der Waals surface area contributed by atoms with Crippen molar-refractivity contribution in [3.8, 4) is 5.75 Å². The normalized spacial score (nSPS) is 11.8. The van der Waals surface area contributed by atoms with E-state index < -0.39 is 15.1 Å². The summed E-state index contributed by atoms with van der Waals surface area (Å²) < 4.78 is 31.4. The smallest absolute Gasteiger partial charge is 0.229 e. The van der Waals surface area contributed by atoms with Crippen molar-refractivity contribution in [1.82, 2.24) is 9.97 Å². The van der Waals surface area contributed by atoms with E-state index in [2.05, 4.69) is 45.5 Å². The van der Waals surface area contributed by atoms with E-state index in [1.165, 1.54) is 17.3 Å². The van der Waals surface area contributed by atoms with Crippen LogP contribution >= 0.6 is 11.6 Å². The van der Waals surface area contributed by atoms with Gasteiger partial charge >= 0.3 is 0 Å². The van der Waals surface area contributed by atoms with Crippen molar-refractivity contribution in [2.75, 3.05) is 24.3 Å². The average molecular weight is 558 g/mol. The molecule has 10 heteroatoms. The predicted octanol–water partition coefficient (Wildman–Crippen LogP) is 6.78. The van der Waals surface area contributed by atoms with Crippen LogP contribution in [0.5, 0.6) is 5.75 Å². The predicted molar refractivity (Wildman–Crippen MR) is 157 cm³/mol. The zero-order valence-corrected chi connectivity index (χ0v) is 24.2. The number of ether oxygens (including phenoxy) is 1. The Morgan fingerprint density at radius 2 is 1.82 bits per heavy atom. The van der Waals surface area contributed by atoms with Gasteiger partial charge in [-0.1, -0.05) is 44.0 Å². The van der Waals surface area contributed by atoms with E-state index in [1.807, 2.05) is 12.3 Å². The topological polar surface area (TPSA) is 106 Å². The summed E-state index contributed by atoms with van der Waals surface area (Å²) in [6, 6.07) is 10.8. The molecule has 2 aromatic carbocycles. The zero-order valence-electron chi connectivity index (χ0n) is 22.6. The third kappa shape index (κ3) is 7.23. The lowest BCUT2D eigenvalue weighted by atomic mass is 9.99. The third-order valence-electron chi connectivity index (χ3n) is 5.92. The summed E-state index contributed by atoms with van der Waals surface area (Å²) in [5, 5.41) is 6.01. The van der Waals surface area contributed by atoms with Gasteiger partial charge in [0, 0.05) is 6.54 Å². The minimum absolute atomic E-state index is 0.183. The molecule has 0 amide bonds. The summed E-state index contributed by atoms with van der Waals surface area (Å²) in [6.07, 6.45) is 7.08. The van der Waals surface area contributed by atoms with Gasteiger partial charge in [-0.3, -0.25) is 4.99 Å². The quantitative estimate of drug-likeness (QED) is 0.223. The van der Waals surface area contributed by atoms with Gasteiger partial charge < -0.3 is 15.4 Å². The van der Waals surface area contributed by atoms with Crippen LogP contribution in [0, 0.1) is 0 Å². The molecule has 0 aliphatic rings. The molecule has 0 aliphatic carbocycles. The second-order valence-electron chi connectivity index (χ2n) is 9.05. The van der Waals surface area contributed by atoms with Crippen LogP contribution < -0.4 is 15.4 Å². The van der Waals surface area contributed by atoms with E-state index in [4.69, 9.17) is 16.3 Å². The molecule has 1 heterocycles. The molecule has 204 valence electrons. The molecule has 38 heavy (non-hydrogen) atoms. The monoisotopic (exact) mass is 557 g/mol. The molecule has 0 radical (unpaired) electrons. The summed E-state index contributed by atoms with van der Waals surface area (Å²) in [7, 11) is -1.90. The van der Waals surface area contributed by atoms with Crippen molar-refractivity contribution in [2.45, 2.75) is 63.5 Å². The molecule has 0 unspecified atom stereocenters. The molecular formula is C28H36ClN5O3S. The highest BCUT2D eigenvalue weighted by molar-refractivity contribution is 7.92. The Hall–Kier alpha value is -3.17. The number of hydrogen-bond donors (Lipinski definition) is 2. The Morgan fingerprint density at radius 1 is 1.08 bits per heavy atom. The Balaban J connectivity index is 1.95. The maximum atomic E-state index is 12.9. The van der Waals surface area contributed by atoms with E-state index >= 15 is 0 Å². The van der Waals surface area contributed by atoms with Crippen molar-refractivity contribution >= 4 is 50.8 Å². The van der Waals surface area contributed by atoms with Crippen LogP contribution in [0.15, 0.2) is 52.5 Å². The van der Waals surface area contributed by atoms with Crippen molar-refractivity contribution in [3.05, 3.63) is 58.7 Å². The van der Waals surface area contributed by atoms with Gasteiger partial charge in [0.15, 0.2) is 15.7 Å². The van der Waals surface area contributed by atoms with Gasteiger partial charge in [-0.05, 0) is 74.7 Å². The first-order valence-corrected chi connectivity index (χ1v) is 14.7. The van der Waals surface area contributed by atoms with Gasteiger partial charge in [-0.25, -0.2) is 13.4 Å². The summed E-state index contributed by atoms with van der Waals surface area (Å²) in [5.41, 5.74) is 3.52. The van der Waals surface area contributed by atoms with E-state index in [1.54, 1.807) is 45.2 Å². The fourth-order valence-corrected chi connectivity index (χ4v) is 5.25. The standard InChI is InChI=1S/C28H36ClN5O3S/c1-6-10-20-17-25(37-5)24(16-21(20)13-15-30-14-7-2)33-28-31-18-22(29)27(34-28)32-23-11-8-9-12-26(23)38(35,36)19(3)4/h8-9,11-12,14,16-19H,6-7,10,13,15H2,1-5H3,(H2,31,32,33,34)/b30-14+. The number of anilines is 4. The Labute approximate surface area is 230 Å². The molecule has 3 aromatic rings. The number of hydrogen-bond acceptors (Lipinski definition) is 8. The summed E-state index contributed by atoms with van der Waals surface area (Å²) in [6.45, 7) is 8.22. The minimum atomic E-state index is -3.52. The highest BCUT2D eigenvalue weighted by atomic mass is 35.5. The van der Waals surface area contributed by atoms with Crippen molar-refractivity contribution in [2.24, 2.45) is 4.99 Å². The number of halogens is 1. The SMILES string of the molecule is CC/C=N/CCc1cc(Nc2ncc(Cl)c(Nc3ccccc3S(=O)(=O)C(C)C)n2)c(OC)cc1CCC. The van der Waals surface area contributed by atoms with Crippen molar-refractivity contribution in [1.29, 1.82) is 0 Å². The molecule has 0 saturated heterocycles. The molecule has 8 nitrogen and oxygen atoms in total. The largest absolute Gasteiger partial charge is 0.495 e. The highest BCUT2D eigenvalue weighted by Crippen LogP contribution is 2.34. The van der Waals surface area contributed by atoms with Gasteiger partial charge in [0.2, 0.25) is 5.95 Å². The second-order valence-corrected chi connectivity index (χ2v) is 11.9. The summed E-state index contributed by atoms with van der Waals surface area (Å²) in [5.74, 6) is 1.25. The van der Waals surface area contributed by atoms with E-state index in [-0.39, 0.29) is 21.7 Å². The van der Waals surface area contributed by atoms with E-state index in [0.29, 0.717) is 18.0 Å². The molecular weight excluding hydrogens is 522 g/mol. The summed E-state index contributed by atoms with van der Waals surface area (Å²) >= 11 is 6.40. The lowest BCUT2D eigenvalue weighted by molar-refractivity contribution is 0.416. The average Bonchev–Trinajstić information content (AvgIpc) is 2.90. The number of aromatic nitrogens is 2. The third-order valence-corrected chi connectivity index (χ3v) is 8.41. The van der Waals surface area contributed by atoms with E-state index in [0.717, 1.165) is 31.4 Å². The first-order chi connectivity index (χ1) is 18.2. The van der Waals surface area contributed by atoms with Crippen molar-refractivity contribution < 1.29 is 13.2 Å². The molecule has 0 fully saturated rings. The van der Waals surface area contributed by atoms with Crippen LogP contribution in [0.2, 0.25) is 5.02 Å². The fraction of sp³-hybridized carbons (Fsp3) is 0.393. The molecule has 0 aliphatic heterocycles. The van der Waals surface area contributed by atoms with Gasteiger partial charge in [0.1, 0.15) is 10.8 Å². The molecule has 0 atom stereocenters. The van der Waals surface area contributed by atoms with Gasteiger partial charge in [-0.15, -0.1) is 0 Å². The van der Waals surface area contributed by atoms with Crippen LogP contribution in [0.25, 0.3) is 0 Å². The van der Waals surface area contributed by atoms with E-state index in [9.17, 15) is 8.42 Å². The van der Waals surface area contributed by atoms with Crippen molar-refractivity contribution in [3.63, 3.8) is 0 Å². The number of nitrogens with zero attached hydrogens (tertiary/aromatic N) is 3. The molecule has 0 spiro atoms. The molecule has 3 rings (SSSR count). The van der Waals surface area contributed by atoms with Crippen LogP contribution in [0.1, 0.15) is 51.7 Å².